The highest BCUT2D eigenvalue weighted by molar-refractivity contribution is 6.31. The first kappa shape index (κ1) is 39.2. The van der Waals surface area contributed by atoms with Crippen molar-refractivity contribution in [1.29, 1.82) is 0 Å². The summed E-state index contributed by atoms with van der Waals surface area (Å²) in [5.41, 5.74) is 17.7. The molecule has 322 valence electrons. The Labute approximate surface area is 401 Å². The fourth-order valence-electron chi connectivity index (χ4n) is 11.9. The second-order valence-electron chi connectivity index (χ2n) is 18.4. The number of benzene rings is 11. The van der Waals surface area contributed by atoms with E-state index in [4.69, 9.17) is 0 Å². The van der Waals surface area contributed by atoms with Gasteiger partial charge in [0.25, 0.3) is 0 Å². The first-order chi connectivity index (χ1) is 34.3. The maximum atomic E-state index is 2.46. The Morgan fingerprint density at radius 2 is 0.855 bits per heavy atom. The zero-order valence-electron chi connectivity index (χ0n) is 37.8. The van der Waals surface area contributed by atoms with Gasteiger partial charge in [0.05, 0.1) is 16.4 Å². The van der Waals surface area contributed by atoms with E-state index in [1.165, 1.54) is 98.8 Å². The van der Waals surface area contributed by atoms with Crippen LogP contribution in [-0.2, 0) is 5.41 Å². The summed E-state index contributed by atoms with van der Waals surface area (Å²) in [5, 5.41) is 8.76. The zero-order valence-corrected chi connectivity index (χ0v) is 37.8. The minimum absolute atomic E-state index is 0.518. The monoisotopic (exact) mass is 876 g/mol. The maximum absolute atomic E-state index is 2.46. The summed E-state index contributed by atoms with van der Waals surface area (Å²) in [6.45, 7) is 0. The highest BCUT2D eigenvalue weighted by Crippen LogP contribution is 2.57. The molecule has 0 atom stereocenters. The number of rotatable bonds is 7. The van der Waals surface area contributed by atoms with Crippen LogP contribution < -0.4 is 4.90 Å². The summed E-state index contributed by atoms with van der Waals surface area (Å²) in [7, 11) is 0. The van der Waals surface area contributed by atoms with E-state index < -0.39 is 5.41 Å². The molecular formula is C67H44N2. The lowest BCUT2D eigenvalue weighted by atomic mass is 9.67. The molecule has 0 N–H and O–H groups in total. The number of hydrogen-bond donors (Lipinski definition) is 0. The molecule has 0 spiro atoms. The van der Waals surface area contributed by atoms with Crippen molar-refractivity contribution in [2.24, 2.45) is 0 Å². The van der Waals surface area contributed by atoms with Gasteiger partial charge in [-0.15, -0.1) is 0 Å². The molecule has 13 aromatic rings. The van der Waals surface area contributed by atoms with Crippen molar-refractivity contribution in [1.82, 2.24) is 4.40 Å². The molecule has 0 bridgehead atoms. The molecule has 14 rings (SSSR count). The molecule has 0 saturated heterocycles. The van der Waals surface area contributed by atoms with Gasteiger partial charge in [-0.1, -0.05) is 218 Å². The van der Waals surface area contributed by atoms with Crippen LogP contribution in [0.1, 0.15) is 22.3 Å². The second kappa shape index (κ2) is 15.6. The van der Waals surface area contributed by atoms with E-state index >= 15 is 0 Å². The van der Waals surface area contributed by atoms with Gasteiger partial charge in [0.1, 0.15) is 0 Å². The molecule has 0 aliphatic heterocycles. The first-order valence-corrected chi connectivity index (χ1v) is 23.9. The average Bonchev–Trinajstić information content (AvgIpc) is 3.94. The van der Waals surface area contributed by atoms with Gasteiger partial charge in [0, 0.05) is 45.2 Å². The van der Waals surface area contributed by atoms with Crippen molar-refractivity contribution in [2.75, 3.05) is 4.90 Å². The quantitative estimate of drug-likeness (QED) is 0.145. The minimum atomic E-state index is -0.518. The summed E-state index contributed by atoms with van der Waals surface area (Å²) in [6.07, 6.45) is 2.25. The number of hydrogen-bond acceptors (Lipinski definition) is 1. The summed E-state index contributed by atoms with van der Waals surface area (Å²) in [4.78, 5) is 2.44. The molecule has 0 fully saturated rings. The van der Waals surface area contributed by atoms with Crippen molar-refractivity contribution in [2.45, 2.75) is 5.41 Å². The Kier molecular flexibility index (Phi) is 8.84. The van der Waals surface area contributed by atoms with Crippen LogP contribution in [0.3, 0.4) is 0 Å². The Hall–Kier alpha value is -8.98. The lowest BCUT2D eigenvalue weighted by molar-refractivity contribution is 0.768. The number of fused-ring (bicyclic) bond motifs is 12. The molecule has 1 aliphatic rings. The summed E-state index contributed by atoms with van der Waals surface area (Å²) in [5.74, 6) is 0. The lowest BCUT2D eigenvalue weighted by Gasteiger charge is -2.35. The number of pyridine rings is 1. The molecule has 2 heterocycles. The van der Waals surface area contributed by atoms with Gasteiger partial charge in [0.15, 0.2) is 0 Å². The molecule has 69 heavy (non-hydrogen) atoms. The highest BCUT2D eigenvalue weighted by atomic mass is 15.1. The highest BCUT2D eigenvalue weighted by Gasteiger charge is 2.46. The van der Waals surface area contributed by atoms with E-state index in [9.17, 15) is 0 Å². The van der Waals surface area contributed by atoms with Crippen molar-refractivity contribution in [3.05, 3.63) is 289 Å². The van der Waals surface area contributed by atoms with Crippen LogP contribution in [-0.4, -0.2) is 4.40 Å². The van der Waals surface area contributed by atoms with Crippen LogP contribution in [0.4, 0.5) is 17.1 Å². The van der Waals surface area contributed by atoms with Gasteiger partial charge < -0.3 is 9.30 Å². The van der Waals surface area contributed by atoms with Crippen molar-refractivity contribution >= 4 is 65.8 Å². The van der Waals surface area contributed by atoms with Crippen molar-refractivity contribution in [3.8, 4) is 33.4 Å². The Morgan fingerprint density at radius 3 is 1.59 bits per heavy atom. The Morgan fingerprint density at radius 1 is 0.319 bits per heavy atom. The van der Waals surface area contributed by atoms with E-state index in [1.807, 2.05) is 0 Å². The smallest absolute Gasteiger partial charge is 0.0714 e. The molecular weight excluding hydrogens is 833 g/mol. The van der Waals surface area contributed by atoms with Crippen LogP contribution in [0, 0.1) is 0 Å². The van der Waals surface area contributed by atoms with Gasteiger partial charge in [-0.25, -0.2) is 0 Å². The topological polar surface area (TPSA) is 7.65 Å². The summed E-state index contributed by atoms with van der Waals surface area (Å²) >= 11 is 0. The molecule has 0 saturated carbocycles. The van der Waals surface area contributed by atoms with Gasteiger partial charge >= 0.3 is 0 Å². The molecule has 2 nitrogen and oxygen atoms in total. The Bertz CT molecular complexity index is 4070. The lowest BCUT2D eigenvalue weighted by Crippen LogP contribution is -2.28. The number of anilines is 3. The molecule has 2 heteroatoms. The number of nitrogens with zero attached hydrogens (tertiary/aromatic N) is 2. The van der Waals surface area contributed by atoms with Gasteiger partial charge in [-0.2, -0.15) is 0 Å². The summed E-state index contributed by atoms with van der Waals surface area (Å²) < 4.78 is 2.45. The molecule has 2 aromatic heterocycles. The standard InChI is InChI=1S/C67H44N2/c1-4-20-47(21-5-1)63-64-59-30-14-12-27-55(59)56-28-13-15-31-60(56)66(64)68-42-18-32-54(65(63)68)46-35-37-51(38-36-46)69(52-39-34-45-19-10-11-22-48(45)43-52)53-40-41-58-57-29-16-17-33-61(57)67(62(58)44-53,49-23-6-2-7-24-49)50-25-8-3-9-26-50/h1-44H. The molecule has 0 radical (unpaired) electrons. The largest absolute Gasteiger partial charge is 0.315 e. The fraction of sp³-hybridized carbons (Fsp3) is 0.0149. The van der Waals surface area contributed by atoms with Crippen LogP contribution in [0.2, 0.25) is 0 Å². The third kappa shape index (κ3) is 5.86. The number of aromatic nitrogens is 1. The fourth-order valence-corrected chi connectivity index (χ4v) is 11.9. The molecule has 11 aromatic carbocycles. The van der Waals surface area contributed by atoms with Gasteiger partial charge in [-0.05, 0) is 114 Å². The SMILES string of the molecule is c1ccc(-c2c3c4ccccc4c4ccccc4c3n3cccc(-c4ccc(N(c5ccc6c(c5)C(c5ccccc5)(c5ccccc5)c5ccccc5-6)c5ccc6ccccc6c5)cc4)c23)cc1. The third-order valence-corrected chi connectivity index (χ3v) is 14.8. The van der Waals surface area contributed by atoms with Crippen molar-refractivity contribution in [3.63, 3.8) is 0 Å². The van der Waals surface area contributed by atoms with Crippen LogP contribution in [0.25, 0.3) is 82.1 Å². The van der Waals surface area contributed by atoms with E-state index in [1.54, 1.807) is 0 Å². The van der Waals surface area contributed by atoms with Crippen LogP contribution >= 0.6 is 0 Å². The second-order valence-corrected chi connectivity index (χ2v) is 18.4. The van der Waals surface area contributed by atoms with Gasteiger partial charge in [-0.3, -0.25) is 0 Å². The van der Waals surface area contributed by atoms with E-state index in [0.29, 0.717) is 0 Å². The molecule has 0 unspecified atom stereocenters. The van der Waals surface area contributed by atoms with Crippen LogP contribution in [0.5, 0.6) is 0 Å². The Balaban J connectivity index is 0.995. The molecule has 1 aliphatic carbocycles. The maximum Gasteiger partial charge on any atom is 0.0714 e. The zero-order chi connectivity index (χ0) is 45.5. The predicted molar refractivity (Wildman–Crippen MR) is 290 cm³/mol. The average molecular weight is 877 g/mol. The molecule has 0 amide bonds. The van der Waals surface area contributed by atoms with Gasteiger partial charge in [0.2, 0.25) is 0 Å². The minimum Gasteiger partial charge on any atom is -0.315 e. The van der Waals surface area contributed by atoms with Crippen LogP contribution in [0.15, 0.2) is 267 Å². The van der Waals surface area contributed by atoms with E-state index in [0.717, 1.165) is 22.6 Å². The third-order valence-electron chi connectivity index (χ3n) is 14.8. The normalized spacial score (nSPS) is 12.8. The van der Waals surface area contributed by atoms with Crippen molar-refractivity contribution < 1.29 is 0 Å². The first-order valence-electron chi connectivity index (χ1n) is 23.9. The summed E-state index contributed by atoms with van der Waals surface area (Å²) in [6, 6.07) is 96.4. The van der Waals surface area contributed by atoms with E-state index in [-0.39, 0.29) is 0 Å². The predicted octanol–water partition coefficient (Wildman–Crippen LogP) is 17.7. The van der Waals surface area contributed by atoms with E-state index in [2.05, 4.69) is 276 Å².